The molecule has 0 radical (unpaired) electrons. The Labute approximate surface area is 325 Å². The molecule has 0 spiro atoms. The van der Waals surface area contributed by atoms with Crippen LogP contribution in [0.25, 0.3) is 6.08 Å². The molecule has 296 valence electrons. The largest absolute Gasteiger partial charge is 0.447 e. The van der Waals surface area contributed by atoms with Crippen LogP contribution in [-0.2, 0) is 31.8 Å². The van der Waals surface area contributed by atoms with E-state index in [0.29, 0.717) is 19.1 Å². The molecule has 4 fully saturated rings. The van der Waals surface area contributed by atoms with Crippen LogP contribution in [0.15, 0.2) is 91.0 Å². The summed E-state index contributed by atoms with van der Waals surface area (Å²) in [5, 5.41) is 2.73. The zero-order valence-electron chi connectivity index (χ0n) is 31.5. The maximum Gasteiger partial charge on any atom is 0.416 e. The van der Waals surface area contributed by atoms with Crippen molar-refractivity contribution in [3.63, 3.8) is 0 Å². The average molecular weight is 772 g/mol. The molecule has 4 amide bonds. The molecule has 4 aliphatic heterocycles. The van der Waals surface area contributed by atoms with E-state index in [4.69, 9.17) is 4.74 Å². The molecule has 3 aromatic carbocycles. The molecular weight excluding hydrogens is 723 g/mol. The molecule has 0 unspecified atom stereocenters. The monoisotopic (exact) mass is 771 g/mol. The van der Waals surface area contributed by atoms with E-state index in [0.717, 1.165) is 49.2 Å². The Balaban J connectivity index is 1.19. The Kier molecular flexibility index (Phi) is 11.5. The van der Waals surface area contributed by atoms with Crippen LogP contribution in [0.5, 0.6) is 0 Å². The van der Waals surface area contributed by atoms with E-state index in [1.165, 1.54) is 41.2 Å². The fourth-order valence-electron chi connectivity index (χ4n) is 8.74. The zero-order chi connectivity index (χ0) is 39.5. The van der Waals surface area contributed by atoms with Crippen LogP contribution >= 0.6 is 0 Å². The summed E-state index contributed by atoms with van der Waals surface area (Å²) in [7, 11) is 0. The lowest BCUT2D eigenvalue weighted by Crippen LogP contribution is -2.81. The topological polar surface area (TPSA) is 102 Å². The lowest BCUT2D eigenvalue weighted by molar-refractivity contribution is -0.176. The van der Waals surface area contributed by atoms with Gasteiger partial charge in [0.25, 0.3) is 5.91 Å². The number of halogens is 3. The predicted molar refractivity (Wildman–Crippen MR) is 204 cm³/mol. The molecule has 0 aliphatic carbocycles. The highest BCUT2D eigenvalue weighted by molar-refractivity contribution is 6.02. The Bertz CT molecular complexity index is 1910. The highest BCUT2D eigenvalue weighted by atomic mass is 19.4. The molecule has 1 N–H and O–H groups in total. The summed E-state index contributed by atoms with van der Waals surface area (Å²) in [5.41, 5.74) is -0.557. The number of β-lactam (4-membered cyclic amide) rings is 1. The number of hydrogen-bond acceptors (Lipinski definition) is 6. The Morgan fingerprint density at radius 3 is 2.27 bits per heavy atom. The molecular formula is C43H48F3N5O5. The molecule has 10 nitrogen and oxygen atoms in total. The number of carbonyl (C=O) groups excluding carboxylic acids is 4. The Morgan fingerprint density at radius 2 is 1.59 bits per heavy atom. The van der Waals surface area contributed by atoms with Crippen LogP contribution in [0.2, 0.25) is 0 Å². The fourth-order valence-corrected chi connectivity index (χ4v) is 8.74. The van der Waals surface area contributed by atoms with Crippen LogP contribution in [0.4, 0.5) is 18.0 Å². The molecule has 4 heterocycles. The summed E-state index contributed by atoms with van der Waals surface area (Å²) in [4.78, 5) is 63.8. The minimum atomic E-state index is -4.57. The molecule has 4 saturated heterocycles. The quantitative estimate of drug-likeness (QED) is 0.226. The van der Waals surface area contributed by atoms with Crippen LogP contribution in [-0.4, -0.2) is 99.9 Å². The lowest BCUT2D eigenvalue weighted by atomic mass is 9.75. The molecule has 13 heteroatoms. The van der Waals surface area contributed by atoms with Gasteiger partial charge in [-0.25, -0.2) is 4.79 Å². The summed E-state index contributed by atoms with van der Waals surface area (Å²) in [6.45, 7) is 4.55. The molecule has 0 aromatic heterocycles. The molecule has 7 rings (SSSR count). The van der Waals surface area contributed by atoms with Gasteiger partial charge in [0.2, 0.25) is 11.8 Å². The number of piperidine rings is 2. The van der Waals surface area contributed by atoms with Crippen molar-refractivity contribution in [2.24, 2.45) is 0 Å². The maximum atomic E-state index is 14.8. The second-order valence-corrected chi connectivity index (χ2v) is 15.3. The number of benzene rings is 3. The van der Waals surface area contributed by atoms with Crippen molar-refractivity contribution < 1.29 is 37.1 Å². The standard InChI is InChI=1S/C43H48F3N5O5/c1-42(51-36(29-56-41(51)55)32-15-7-3-8-16-32)37(19-18-30-12-5-2-6-13-30)50(40(42)54)35(39(53)47-28-31-14-11-17-33(26-31)43(44,45)46)27-38(52)49-24-20-34(21-25-49)48-22-9-4-10-23-48/h2-3,5-8,11-19,26,34-37H,4,9-10,20-25,27-29H2,1H3,(H,47,53)/t35-,36-,37-,42+/m1/s1. The Morgan fingerprint density at radius 1 is 0.911 bits per heavy atom. The molecule has 0 saturated carbocycles. The number of rotatable bonds is 11. The van der Waals surface area contributed by atoms with Gasteiger partial charge in [0.05, 0.1) is 24.1 Å². The van der Waals surface area contributed by atoms with Crippen LogP contribution in [0.3, 0.4) is 0 Å². The van der Waals surface area contributed by atoms with E-state index in [-0.39, 0.29) is 31.0 Å². The van der Waals surface area contributed by atoms with Crippen molar-refractivity contribution in [2.75, 3.05) is 32.8 Å². The van der Waals surface area contributed by atoms with Crippen LogP contribution < -0.4 is 5.32 Å². The normalized spacial score (nSPS) is 24.2. The van der Waals surface area contributed by atoms with Crippen molar-refractivity contribution in [2.45, 2.75) is 87.9 Å². The third-order valence-corrected chi connectivity index (χ3v) is 11.8. The van der Waals surface area contributed by atoms with Gasteiger partial charge in [-0.2, -0.15) is 13.2 Å². The first kappa shape index (κ1) is 39.1. The third-order valence-electron chi connectivity index (χ3n) is 11.8. The average Bonchev–Trinajstić information content (AvgIpc) is 3.62. The first-order valence-corrected chi connectivity index (χ1v) is 19.5. The highest BCUT2D eigenvalue weighted by Gasteiger charge is 2.66. The number of alkyl halides is 3. The van der Waals surface area contributed by atoms with Gasteiger partial charge in [-0.1, -0.05) is 91.4 Å². The van der Waals surface area contributed by atoms with Crippen molar-refractivity contribution in [3.8, 4) is 0 Å². The van der Waals surface area contributed by atoms with Gasteiger partial charge in [0.15, 0.2) is 0 Å². The number of nitrogens with zero attached hydrogens (tertiary/aromatic N) is 4. The minimum Gasteiger partial charge on any atom is -0.447 e. The summed E-state index contributed by atoms with van der Waals surface area (Å²) >= 11 is 0. The van der Waals surface area contributed by atoms with E-state index >= 15 is 0 Å². The number of cyclic esters (lactones) is 1. The number of carbonyl (C=O) groups is 4. The number of amides is 4. The molecule has 3 aromatic rings. The number of hydrogen-bond donors (Lipinski definition) is 1. The molecule has 0 bridgehead atoms. The van der Waals surface area contributed by atoms with E-state index < -0.39 is 53.3 Å². The number of nitrogens with one attached hydrogen (secondary N) is 1. The van der Waals surface area contributed by atoms with Gasteiger partial charge in [0, 0.05) is 25.7 Å². The first-order chi connectivity index (χ1) is 26.9. The number of ether oxygens (including phenoxy) is 1. The summed E-state index contributed by atoms with van der Waals surface area (Å²) in [6.07, 6.45) is 3.17. The first-order valence-electron chi connectivity index (χ1n) is 19.5. The number of likely N-dealkylation sites (tertiary alicyclic amines) is 3. The van der Waals surface area contributed by atoms with Gasteiger partial charge >= 0.3 is 12.3 Å². The van der Waals surface area contributed by atoms with E-state index in [1.54, 1.807) is 17.9 Å². The second-order valence-electron chi connectivity index (χ2n) is 15.3. The van der Waals surface area contributed by atoms with Crippen molar-refractivity contribution >= 4 is 29.9 Å². The van der Waals surface area contributed by atoms with Crippen molar-refractivity contribution in [1.29, 1.82) is 0 Å². The Hall–Kier alpha value is -5.17. The smallest absolute Gasteiger partial charge is 0.416 e. The fraction of sp³-hybridized carbons (Fsp3) is 0.442. The summed E-state index contributed by atoms with van der Waals surface area (Å²) < 4.78 is 46.1. The van der Waals surface area contributed by atoms with E-state index in [2.05, 4.69) is 10.2 Å². The highest BCUT2D eigenvalue weighted by Crippen LogP contribution is 2.46. The van der Waals surface area contributed by atoms with Crippen molar-refractivity contribution in [3.05, 3.63) is 113 Å². The zero-order valence-corrected chi connectivity index (χ0v) is 31.5. The van der Waals surface area contributed by atoms with Gasteiger partial charge in [-0.05, 0) is 74.5 Å². The molecule has 4 aliphatic rings. The van der Waals surface area contributed by atoms with E-state index in [9.17, 15) is 32.3 Å². The summed E-state index contributed by atoms with van der Waals surface area (Å²) in [6, 6.07) is 20.9. The molecule has 56 heavy (non-hydrogen) atoms. The molecule has 4 atom stereocenters. The van der Waals surface area contributed by atoms with Crippen LogP contribution in [0, 0.1) is 0 Å². The van der Waals surface area contributed by atoms with E-state index in [1.807, 2.05) is 66.7 Å². The SMILES string of the molecule is C[C@@]1(N2C(=O)OC[C@@H]2c2ccccc2)C(=O)N([C@H](CC(=O)N2CCC(N3CCCCC3)CC2)C(=O)NCc2cccc(C(F)(F)F)c2)[C@@H]1C=Cc1ccccc1. The van der Waals surface area contributed by atoms with Gasteiger partial charge in [0.1, 0.15) is 18.2 Å². The van der Waals surface area contributed by atoms with Gasteiger partial charge < -0.3 is 24.8 Å². The van der Waals surface area contributed by atoms with Gasteiger partial charge in [-0.15, -0.1) is 0 Å². The van der Waals surface area contributed by atoms with Crippen LogP contribution in [0.1, 0.15) is 73.7 Å². The van der Waals surface area contributed by atoms with Crippen molar-refractivity contribution in [1.82, 2.24) is 24.9 Å². The maximum absolute atomic E-state index is 14.8. The lowest BCUT2D eigenvalue weighted by Gasteiger charge is -2.59. The summed E-state index contributed by atoms with van der Waals surface area (Å²) in [5.74, 6) is -1.52. The predicted octanol–water partition coefficient (Wildman–Crippen LogP) is 6.43. The third kappa shape index (κ3) is 8.05. The van der Waals surface area contributed by atoms with Gasteiger partial charge in [-0.3, -0.25) is 19.3 Å². The second kappa shape index (κ2) is 16.5. The minimum absolute atomic E-state index is 0.0214.